The van der Waals surface area contributed by atoms with Crippen molar-refractivity contribution in [1.82, 2.24) is 10.6 Å². The van der Waals surface area contributed by atoms with Gasteiger partial charge in [-0.1, -0.05) is 6.42 Å². The van der Waals surface area contributed by atoms with E-state index in [9.17, 15) is 5.11 Å². The zero-order chi connectivity index (χ0) is 11.4. The largest absolute Gasteiger partial charge is 0.393 e. The van der Waals surface area contributed by atoms with E-state index in [2.05, 4.69) is 22.5 Å². The van der Waals surface area contributed by atoms with Gasteiger partial charge in [0, 0.05) is 25.0 Å². The van der Waals surface area contributed by atoms with Crippen molar-refractivity contribution in [1.29, 1.82) is 0 Å². The van der Waals surface area contributed by atoms with Crippen molar-refractivity contribution in [2.45, 2.75) is 51.2 Å². The third-order valence-electron chi connectivity index (χ3n) is 3.37. The Morgan fingerprint density at radius 3 is 2.59 bits per heavy atom. The molecule has 0 aromatic rings. The van der Waals surface area contributed by atoms with Gasteiger partial charge in [0.2, 0.25) is 0 Å². The fraction of sp³-hybridized carbons (Fsp3) is 0.917. The van der Waals surface area contributed by atoms with E-state index in [0.29, 0.717) is 12.0 Å². The monoisotopic (exact) mass is 353 g/mol. The van der Waals surface area contributed by atoms with Crippen LogP contribution in [-0.4, -0.2) is 36.3 Å². The van der Waals surface area contributed by atoms with Gasteiger partial charge < -0.3 is 15.7 Å². The first-order chi connectivity index (χ1) is 7.79. The van der Waals surface area contributed by atoms with E-state index in [4.69, 9.17) is 0 Å². The second-order valence-electron chi connectivity index (χ2n) is 4.90. The number of aliphatic imine (C=N–C) groups is 1. The number of aliphatic hydroxyl groups is 1. The summed E-state index contributed by atoms with van der Waals surface area (Å²) in [7, 11) is 0. The van der Waals surface area contributed by atoms with Crippen LogP contribution in [0.2, 0.25) is 0 Å². The maximum Gasteiger partial charge on any atom is 0.191 e. The Labute approximate surface area is 121 Å². The molecule has 4 nitrogen and oxygen atoms in total. The van der Waals surface area contributed by atoms with E-state index >= 15 is 0 Å². The average Bonchev–Trinajstić information content (AvgIpc) is 2.98. The van der Waals surface area contributed by atoms with Crippen LogP contribution in [0.3, 0.4) is 0 Å². The van der Waals surface area contributed by atoms with Crippen LogP contribution in [0, 0.1) is 5.92 Å². The molecule has 2 aliphatic rings. The molecular weight excluding hydrogens is 329 g/mol. The van der Waals surface area contributed by atoms with Crippen molar-refractivity contribution >= 4 is 29.9 Å². The second-order valence-corrected chi connectivity index (χ2v) is 4.90. The zero-order valence-corrected chi connectivity index (χ0v) is 12.8. The summed E-state index contributed by atoms with van der Waals surface area (Å²) >= 11 is 0. The summed E-state index contributed by atoms with van der Waals surface area (Å²) in [5, 5.41) is 16.4. The van der Waals surface area contributed by atoms with E-state index in [1.54, 1.807) is 0 Å². The topological polar surface area (TPSA) is 56.7 Å². The van der Waals surface area contributed by atoms with Crippen LogP contribution in [0.4, 0.5) is 0 Å². The normalized spacial score (nSPS) is 28.7. The molecular formula is C12H24IN3O. The molecule has 2 atom stereocenters. The van der Waals surface area contributed by atoms with E-state index < -0.39 is 0 Å². The SMILES string of the molecule is CCNC(=NCC1CCCC1O)NC1CC1.I. The van der Waals surface area contributed by atoms with Crippen LogP contribution < -0.4 is 10.6 Å². The van der Waals surface area contributed by atoms with Gasteiger partial charge in [0.05, 0.1) is 6.10 Å². The predicted molar refractivity (Wildman–Crippen MR) is 80.9 cm³/mol. The van der Waals surface area contributed by atoms with Gasteiger partial charge in [0.25, 0.3) is 0 Å². The van der Waals surface area contributed by atoms with Gasteiger partial charge in [-0.25, -0.2) is 0 Å². The van der Waals surface area contributed by atoms with Crippen molar-refractivity contribution < 1.29 is 5.11 Å². The number of aliphatic hydroxyl groups excluding tert-OH is 1. The molecule has 5 heteroatoms. The highest BCUT2D eigenvalue weighted by Gasteiger charge is 2.25. The molecule has 0 bridgehead atoms. The van der Waals surface area contributed by atoms with Crippen LogP contribution in [0.25, 0.3) is 0 Å². The number of nitrogens with zero attached hydrogens (tertiary/aromatic N) is 1. The molecule has 0 heterocycles. The highest BCUT2D eigenvalue weighted by molar-refractivity contribution is 14.0. The van der Waals surface area contributed by atoms with Crippen LogP contribution in [0.1, 0.15) is 39.0 Å². The minimum absolute atomic E-state index is 0. The highest BCUT2D eigenvalue weighted by Crippen LogP contribution is 2.25. The lowest BCUT2D eigenvalue weighted by atomic mass is 10.1. The van der Waals surface area contributed by atoms with Gasteiger partial charge in [-0.2, -0.15) is 0 Å². The van der Waals surface area contributed by atoms with E-state index in [1.165, 1.54) is 12.8 Å². The Bertz CT molecular complexity index is 256. The van der Waals surface area contributed by atoms with Crippen LogP contribution >= 0.6 is 24.0 Å². The highest BCUT2D eigenvalue weighted by atomic mass is 127. The molecule has 2 rings (SSSR count). The molecule has 0 saturated heterocycles. The summed E-state index contributed by atoms with van der Waals surface area (Å²) in [4.78, 5) is 4.56. The first-order valence-electron chi connectivity index (χ1n) is 6.52. The van der Waals surface area contributed by atoms with Crippen LogP contribution in [0.15, 0.2) is 4.99 Å². The fourth-order valence-corrected chi connectivity index (χ4v) is 2.18. The lowest BCUT2D eigenvalue weighted by molar-refractivity contribution is 0.136. The van der Waals surface area contributed by atoms with Crippen molar-refractivity contribution in [2.24, 2.45) is 10.9 Å². The third-order valence-corrected chi connectivity index (χ3v) is 3.37. The van der Waals surface area contributed by atoms with Crippen LogP contribution in [0.5, 0.6) is 0 Å². The maximum absolute atomic E-state index is 9.72. The second kappa shape index (κ2) is 7.41. The Balaban J connectivity index is 0.00000144. The van der Waals surface area contributed by atoms with Crippen LogP contribution in [-0.2, 0) is 0 Å². The number of nitrogens with one attached hydrogen (secondary N) is 2. The molecule has 0 spiro atoms. The molecule has 0 aliphatic heterocycles. The van der Waals surface area contributed by atoms with Crippen molar-refractivity contribution in [3.8, 4) is 0 Å². The summed E-state index contributed by atoms with van der Waals surface area (Å²) in [6.07, 6.45) is 5.61. The Hall–Kier alpha value is -0.0400. The molecule has 0 aromatic carbocycles. The molecule has 17 heavy (non-hydrogen) atoms. The Kier molecular flexibility index (Phi) is 6.54. The van der Waals surface area contributed by atoms with Crippen molar-refractivity contribution in [2.75, 3.05) is 13.1 Å². The molecule has 0 aromatic heterocycles. The Morgan fingerprint density at radius 1 is 1.29 bits per heavy atom. The van der Waals surface area contributed by atoms with Gasteiger partial charge in [0.1, 0.15) is 0 Å². The third kappa shape index (κ3) is 4.99. The van der Waals surface area contributed by atoms with Crippen molar-refractivity contribution in [3.63, 3.8) is 0 Å². The molecule has 0 amide bonds. The molecule has 0 radical (unpaired) electrons. The lowest BCUT2D eigenvalue weighted by Crippen LogP contribution is -2.39. The Morgan fingerprint density at radius 2 is 2.06 bits per heavy atom. The summed E-state index contributed by atoms with van der Waals surface area (Å²) in [6, 6.07) is 0.631. The van der Waals surface area contributed by atoms with Gasteiger partial charge in [-0.3, -0.25) is 4.99 Å². The molecule has 100 valence electrons. The lowest BCUT2D eigenvalue weighted by Gasteiger charge is -2.14. The fourth-order valence-electron chi connectivity index (χ4n) is 2.18. The minimum Gasteiger partial charge on any atom is -0.393 e. The van der Waals surface area contributed by atoms with Gasteiger partial charge in [-0.05, 0) is 32.6 Å². The molecule has 2 aliphatic carbocycles. The first kappa shape index (κ1) is 15.0. The van der Waals surface area contributed by atoms with Gasteiger partial charge in [-0.15, -0.1) is 24.0 Å². The summed E-state index contributed by atoms with van der Waals surface area (Å²) in [5.41, 5.74) is 0. The first-order valence-corrected chi connectivity index (χ1v) is 6.52. The van der Waals surface area contributed by atoms with E-state index in [0.717, 1.165) is 38.3 Å². The number of halogens is 1. The molecule has 2 unspecified atom stereocenters. The molecule has 3 N–H and O–H groups in total. The summed E-state index contributed by atoms with van der Waals surface area (Å²) in [6.45, 7) is 3.73. The quantitative estimate of drug-likeness (QED) is 0.408. The number of hydrogen-bond donors (Lipinski definition) is 3. The standard InChI is InChI=1S/C12H23N3O.HI/c1-2-13-12(15-10-6-7-10)14-8-9-4-3-5-11(9)16;/h9-11,16H,2-8H2,1H3,(H2,13,14,15);1H. The molecule has 2 saturated carbocycles. The van der Waals surface area contributed by atoms with Crippen molar-refractivity contribution in [3.05, 3.63) is 0 Å². The van der Waals surface area contributed by atoms with E-state index in [1.807, 2.05) is 0 Å². The number of guanidine groups is 1. The number of rotatable bonds is 4. The average molecular weight is 353 g/mol. The maximum atomic E-state index is 9.72. The van der Waals surface area contributed by atoms with Gasteiger partial charge >= 0.3 is 0 Å². The molecule has 2 fully saturated rings. The van der Waals surface area contributed by atoms with E-state index in [-0.39, 0.29) is 30.1 Å². The zero-order valence-electron chi connectivity index (χ0n) is 10.5. The van der Waals surface area contributed by atoms with Gasteiger partial charge in [0.15, 0.2) is 5.96 Å². The minimum atomic E-state index is -0.132. The summed E-state index contributed by atoms with van der Waals surface area (Å²) < 4.78 is 0. The number of hydrogen-bond acceptors (Lipinski definition) is 2. The predicted octanol–water partition coefficient (Wildman–Crippen LogP) is 1.48. The summed E-state index contributed by atoms with van der Waals surface area (Å²) in [5.74, 6) is 1.29. The smallest absolute Gasteiger partial charge is 0.191 e.